The SMILES string of the molecule is Cc1ccc2c(c1)N(C)B(c1c(-c3ccccc3)cccc1-c1ccccc1)O2. The fourth-order valence-electron chi connectivity index (χ4n) is 4.15. The van der Waals surface area contributed by atoms with Crippen molar-refractivity contribution in [2.45, 2.75) is 6.92 Å². The Bertz CT molecular complexity index is 1100. The number of aryl methyl sites for hydroxylation is 1. The van der Waals surface area contributed by atoms with Gasteiger partial charge in [0.15, 0.2) is 0 Å². The van der Waals surface area contributed by atoms with E-state index < -0.39 is 0 Å². The van der Waals surface area contributed by atoms with Crippen molar-refractivity contribution in [2.75, 3.05) is 11.9 Å². The largest absolute Gasteiger partial charge is 0.536 e. The van der Waals surface area contributed by atoms with E-state index in [1.54, 1.807) is 0 Å². The predicted octanol–water partition coefficient (Wildman–Crippen LogP) is 5.55. The molecule has 0 spiro atoms. The summed E-state index contributed by atoms with van der Waals surface area (Å²) in [6.07, 6.45) is 0. The third-order valence-electron chi connectivity index (χ3n) is 5.61. The van der Waals surface area contributed by atoms with Crippen LogP contribution in [0.5, 0.6) is 5.75 Å². The van der Waals surface area contributed by atoms with Gasteiger partial charge in [0.25, 0.3) is 0 Å². The fourth-order valence-corrected chi connectivity index (χ4v) is 4.15. The molecule has 5 rings (SSSR count). The molecule has 1 heterocycles. The second-order valence-corrected chi connectivity index (χ2v) is 7.55. The first kappa shape index (κ1) is 17.6. The molecule has 140 valence electrons. The first-order chi connectivity index (χ1) is 14.2. The van der Waals surface area contributed by atoms with E-state index in [9.17, 15) is 0 Å². The lowest BCUT2D eigenvalue weighted by atomic mass is 9.65. The zero-order chi connectivity index (χ0) is 19.8. The highest BCUT2D eigenvalue weighted by Crippen LogP contribution is 2.37. The van der Waals surface area contributed by atoms with Crippen LogP contribution in [0, 0.1) is 6.92 Å². The summed E-state index contributed by atoms with van der Waals surface area (Å²) in [5, 5.41) is 0. The molecule has 0 bridgehead atoms. The molecule has 0 saturated heterocycles. The van der Waals surface area contributed by atoms with Crippen LogP contribution in [0.3, 0.4) is 0 Å². The van der Waals surface area contributed by atoms with Gasteiger partial charge in [-0.3, -0.25) is 0 Å². The van der Waals surface area contributed by atoms with Crippen molar-refractivity contribution in [3.05, 3.63) is 103 Å². The first-order valence-electron chi connectivity index (χ1n) is 9.96. The standard InChI is InChI=1S/C26H22BNO/c1-19-16-17-25-24(18-19)28(2)27(29-25)26-22(20-10-5-3-6-11-20)14-9-15-23(26)21-12-7-4-8-13-21/h3-18H,1-2H3. The van der Waals surface area contributed by atoms with Gasteiger partial charge in [0.2, 0.25) is 0 Å². The molecule has 0 unspecified atom stereocenters. The van der Waals surface area contributed by atoms with E-state index in [0.717, 1.165) is 11.4 Å². The molecule has 4 aromatic rings. The quantitative estimate of drug-likeness (QED) is 0.435. The van der Waals surface area contributed by atoms with Crippen LogP contribution in [-0.2, 0) is 0 Å². The van der Waals surface area contributed by atoms with Gasteiger partial charge in [-0.25, -0.2) is 0 Å². The van der Waals surface area contributed by atoms with Gasteiger partial charge in [-0.1, -0.05) is 84.9 Å². The van der Waals surface area contributed by atoms with Crippen LogP contribution >= 0.6 is 0 Å². The molecule has 0 fully saturated rings. The molecule has 0 saturated carbocycles. The number of nitrogens with zero attached hydrogens (tertiary/aromatic N) is 1. The molecule has 0 aromatic heterocycles. The average molecular weight is 375 g/mol. The van der Waals surface area contributed by atoms with Crippen molar-refractivity contribution in [2.24, 2.45) is 0 Å². The van der Waals surface area contributed by atoms with Crippen molar-refractivity contribution in [1.29, 1.82) is 0 Å². The second kappa shape index (κ2) is 7.18. The van der Waals surface area contributed by atoms with Gasteiger partial charge >= 0.3 is 7.05 Å². The van der Waals surface area contributed by atoms with Gasteiger partial charge in [-0.05, 0) is 53.9 Å². The highest BCUT2D eigenvalue weighted by atomic mass is 16.5. The summed E-state index contributed by atoms with van der Waals surface area (Å²) in [4.78, 5) is 2.25. The molecule has 2 nitrogen and oxygen atoms in total. The van der Waals surface area contributed by atoms with Crippen LogP contribution in [0.4, 0.5) is 5.69 Å². The van der Waals surface area contributed by atoms with E-state index in [1.165, 1.54) is 33.3 Å². The molecule has 0 atom stereocenters. The van der Waals surface area contributed by atoms with E-state index in [2.05, 4.69) is 116 Å². The third-order valence-corrected chi connectivity index (χ3v) is 5.61. The van der Waals surface area contributed by atoms with Crippen LogP contribution in [0.1, 0.15) is 5.56 Å². The Morgan fingerprint density at radius 1 is 0.690 bits per heavy atom. The Balaban J connectivity index is 1.73. The smallest absolute Gasteiger partial charge is 0.520 e. The summed E-state index contributed by atoms with van der Waals surface area (Å²) >= 11 is 0. The van der Waals surface area contributed by atoms with Crippen LogP contribution in [0.2, 0.25) is 0 Å². The lowest BCUT2D eigenvalue weighted by molar-refractivity contribution is 0.602. The lowest BCUT2D eigenvalue weighted by Crippen LogP contribution is -2.49. The third kappa shape index (κ3) is 3.09. The van der Waals surface area contributed by atoms with E-state index in [1.807, 2.05) is 0 Å². The van der Waals surface area contributed by atoms with Crippen molar-refractivity contribution in [3.8, 4) is 28.0 Å². The highest BCUT2D eigenvalue weighted by molar-refractivity contribution is 6.75. The van der Waals surface area contributed by atoms with Gasteiger partial charge in [0, 0.05) is 5.46 Å². The van der Waals surface area contributed by atoms with Gasteiger partial charge in [0.05, 0.1) is 5.69 Å². The number of anilines is 1. The zero-order valence-corrected chi connectivity index (χ0v) is 16.7. The number of hydrogen-bond donors (Lipinski definition) is 0. The van der Waals surface area contributed by atoms with Crippen LogP contribution in [-0.4, -0.2) is 14.1 Å². The van der Waals surface area contributed by atoms with Crippen molar-refractivity contribution in [3.63, 3.8) is 0 Å². The molecule has 0 amide bonds. The summed E-state index contributed by atoms with van der Waals surface area (Å²) in [6.45, 7) is 2.12. The van der Waals surface area contributed by atoms with Crippen LogP contribution in [0.15, 0.2) is 97.1 Å². The molecule has 1 aliphatic heterocycles. The molecule has 29 heavy (non-hydrogen) atoms. The Labute approximate surface area is 172 Å². The van der Waals surface area contributed by atoms with E-state index in [0.29, 0.717) is 0 Å². The van der Waals surface area contributed by atoms with Crippen LogP contribution < -0.4 is 14.9 Å². The monoisotopic (exact) mass is 375 g/mol. The van der Waals surface area contributed by atoms with E-state index in [-0.39, 0.29) is 7.05 Å². The van der Waals surface area contributed by atoms with Gasteiger partial charge in [-0.15, -0.1) is 0 Å². The molecular formula is C26H22BNO. The molecule has 1 aliphatic rings. The summed E-state index contributed by atoms with van der Waals surface area (Å²) in [6, 6.07) is 34.1. The highest BCUT2D eigenvalue weighted by Gasteiger charge is 2.39. The van der Waals surface area contributed by atoms with Gasteiger partial charge in [0.1, 0.15) is 5.75 Å². The molecule has 3 heteroatoms. The van der Waals surface area contributed by atoms with E-state index >= 15 is 0 Å². The van der Waals surface area contributed by atoms with Gasteiger partial charge < -0.3 is 9.47 Å². The summed E-state index contributed by atoms with van der Waals surface area (Å²) < 4.78 is 6.51. The maximum absolute atomic E-state index is 6.51. The van der Waals surface area contributed by atoms with Crippen molar-refractivity contribution >= 4 is 18.2 Å². The number of fused-ring (bicyclic) bond motifs is 1. The zero-order valence-electron chi connectivity index (χ0n) is 16.7. The normalized spacial score (nSPS) is 12.6. The Kier molecular flexibility index (Phi) is 4.36. The minimum absolute atomic E-state index is 0.182. The number of rotatable bonds is 3. The van der Waals surface area contributed by atoms with Crippen molar-refractivity contribution in [1.82, 2.24) is 0 Å². The predicted molar refractivity (Wildman–Crippen MR) is 123 cm³/mol. The minimum Gasteiger partial charge on any atom is -0.536 e. The van der Waals surface area contributed by atoms with Crippen molar-refractivity contribution < 1.29 is 4.65 Å². The average Bonchev–Trinajstić information content (AvgIpc) is 3.10. The Hall–Kier alpha value is -3.46. The molecule has 4 aromatic carbocycles. The number of hydrogen-bond acceptors (Lipinski definition) is 2. The molecule has 0 N–H and O–H groups in total. The summed E-state index contributed by atoms with van der Waals surface area (Å²) in [7, 11) is 1.94. The van der Waals surface area contributed by atoms with Crippen LogP contribution in [0.25, 0.3) is 22.3 Å². The Morgan fingerprint density at radius 2 is 1.28 bits per heavy atom. The van der Waals surface area contributed by atoms with E-state index in [4.69, 9.17) is 4.65 Å². The second-order valence-electron chi connectivity index (χ2n) is 7.55. The van der Waals surface area contributed by atoms with Gasteiger partial charge in [-0.2, -0.15) is 0 Å². The first-order valence-corrected chi connectivity index (χ1v) is 9.96. The molecule has 0 radical (unpaired) electrons. The maximum atomic E-state index is 6.51. The fraction of sp³-hybridized carbons (Fsp3) is 0.0769. The molecular weight excluding hydrogens is 353 g/mol. The molecule has 0 aliphatic carbocycles. The number of benzene rings is 4. The Morgan fingerprint density at radius 3 is 1.86 bits per heavy atom. The minimum atomic E-state index is -0.182. The summed E-state index contributed by atoms with van der Waals surface area (Å²) in [5.41, 5.74) is 8.37. The summed E-state index contributed by atoms with van der Waals surface area (Å²) in [5.74, 6) is 0.935. The lowest BCUT2D eigenvalue weighted by Gasteiger charge is -2.22. The maximum Gasteiger partial charge on any atom is 0.520 e. The topological polar surface area (TPSA) is 12.5 Å².